The van der Waals surface area contributed by atoms with Crippen LogP contribution in [0.15, 0.2) is 24.3 Å². The maximum Gasteiger partial charge on any atom is 0.239 e. The number of nitrogens with zero attached hydrogens (tertiary/aromatic N) is 1. The summed E-state index contributed by atoms with van der Waals surface area (Å²) >= 11 is 0. The second-order valence-corrected chi connectivity index (χ2v) is 4.52. The van der Waals surface area contributed by atoms with Crippen molar-refractivity contribution < 1.29 is 9.90 Å². The van der Waals surface area contributed by atoms with Gasteiger partial charge in [-0.2, -0.15) is 0 Å². The number of benzene rings is 1. The minimum Gasteiger partial charge on any atom is -0.392 e. The van der Waals surface area contributed by atoms with Gasteiger partial charge in [0, 0.05) is 18.8 Å². The summed E-state index contributed by atoms with van der Waals surface area (Å²) in [7, 11) is 1.89. The molecule has 1 fully saturated rings. The number of likely N-dealkylation sites (N-methyl/N-ethyl adjacent to an activating group) is 1. The Bertz CT molecular complexity index is 385. The molecule has 1 amide bonds. The van der Waals surface area contributed by atoms with Crippen LogP contribution in [0, 0.1) is 0 Å². The first-order chi connectivity index (χ1) is 8.19. The molecule has 0 atom stereocenters. The average Bonchev–Trinajstić information content (AvgIpc) is 3.12. The number of nitrogens with one attached hydrogen (secondary N) is 1. The maximum atomic E-state index is 11.6. The van der Waals surface area contributed by atoms with E-state index in [9.17, 15) is 4.79 Å². The molecule has 4 nitrogen and oxygen atoms in total. The monoisotopic (exact) mass is 234 g/mol. The Kier molecular flexibility index (Phi) is 3.64. The number of carbonyl (C=O) groups is 1. The number of carbonyl (C=O) groups excluding carboxylic acids is 1. The fraction of sp³-hybridized carbons (Fsp3) is 0.462. The summed E-state index contributed by atoms with van der Waals surface area (Å²) in [5.74, 6) is 0.0706. The second kappa shape index (κ2) is 5.19. The normalized spacial score (nSPS) is 14.5. The standard InChI is InChI=1S/C13H18N2O2/c1-15(8-13(17)14-11-4-5-11)12-6-2-10(9-16)3-7-12/h2-3,6-7,11,16H,4-5,8-9H2,1H3,(H,14,17). The number of rotatable bonds is 5. The maximum absolute atomic E-state index is 11.6. The zero-order chi connectivity index (χ0) is 12.3. The van der Waals surface area contributed by atoms with E-state index in [-0.39, 0.29) is 12.5 Å². The van der Waals surface area contributed by atoms with Crippen LogP contribution in [0.5, 0.6) is 0 Å². The minimum absolute atomic E-state index is 0.0478. The van der Waals surface area contributed by atoms with Gasteiger partial charge in [-0.25, -0.2) is 0 Å². The van der Waals surface area contributed by atoms with Gasteiger partial charge in [-0.3, -0.25) is 4.79 Å². The Labute approximate surface area is 101 Å². The Morgan fingerprint density at radius 2 is 2.06 bits per heavy atom. The summed E-state index contributed by atoms with van der Waals surface area (Å²) in [6, 6.07) is 7.97. The van der Waals surface area contributed by atoms with E-state index < -0.39 is 0 Å². The van der Waals surface area contributed by atoms with Gasteiger partial charge in [0.2, 0.25) is 5.91 Å². The molecule has 92 valence electrons. The molecule has 2 N–H and O–H groups in total. The van der Waals surface area contributed by atoms with Crippen molar-refractivity contribution in [2.24, 2.45) is 0 Å². The zero-order valence-electron chi connectivity index (χ0n) is 10.0. The summed E-state index contributed by atoms with van der Waals surface area (Å²) in [6.07, 6.45) is 2.22. The van der Waals surface area contributed by atoms with Gasteiger partial charge in [0.15, 0.2) is 0 Å². The average molecular weight is 234 g/mol. The van der Waals surface area contributed by atoms with Gasteiger partial charge in [0.25, 0.3) is 0 Å². The van der Waals surface area contributed by atoms with Crippen LogP contribution < -0.4 is 10.2 Å². The van der Waals surface area contributed by atoms with Crippen LogP contribution in [0.4, 0.5) is 5.69 Å². The Morgan fingerprint density at radius 3 is 2.59 bits per heavy atom. The van der Waals surface area contributed by atoms with Crippen LogP contribution >= 0.6 is 0 Å². The lowest BCUT2D eigenvalue weighted by Crippen LogP contribution is -2.36. The smallest absolute Gasteiger partial charge is 0.239 e. The first-order valence-electron chi connectivity index (χ1n) is 5.89. The number of aliphatic hydroxyl groups excluding tert-OH is 1. The van der Waals surface area contributed by atoms with Gasteiger partial charge in [-0.05, 0) is 30.5 Å². The van der Waals surface area contributed by atoms with Gasteiger partial charge in [0.1, 0.15) is 0 Å². The molecule has 0 radical (unpaired) electrons. The zero-order valence-corrected chi connectivity index (χ0v) is 10.0. The van der Waals surface area contributed by atoms with Crippen LogP contribution in [-0.4, -0.2) is 30.6 Å². The van der Waals surface area contributed by atoms with E-state index in [1.54, 1.807) is 0 Å². The molecule has 0 saturated heterocycles. The fourth-order valence-corrected chi connectivity index (χ4v) is 1.66. The van der Waals surface area contributed by atoms with Gasteiger partial charge in [-0.1, -0.05) is 12.1 Å². The van der Waals surface area contributed by atoms with Crippen LogP contribution in [-0.2, 0) is 11.4 Å². The Hall–Kier alpha value is -1.55. The Balaban J connectivity index is 1.88. The molecule has 1 saturated carbocycles. The molecule has 2 rings (SSSR count). The SMILES string of the molecule is CN(CC(=O)NC1CC1)c1ccc(CO)cc1. The topological polar surface area (TPSA) is 52.6 Å². The van der Waals surface area contributed by atoms with Crippen molar-refractivity contribution >= 4 is 11.6 Å². The first kappa shape index (κ1) is 11.9. The van der Waals surface area contributed by atoms with Gasteiger partial charge >= 0.3 is 0 Å². The van der Waals surface area contributed by atoms with Gasteiger partial charge in [-0.15, -0.1) is 0 Å². The lowest BCUT2D eigenvalue weighted by atomic mass is 10.2. The molecule has 1 aliphatic rings. The number of hydrogen-bond donors (Lipinski definition) is 2. The largest absolute Gasteiger partial charge is 0.392 e. The molecule has 4 heteroatoms. The van der Waals surface area contributed by atoms with Crippen LogP contribution in [0.1, 0.15) is 18.4 Å². The molecule has 0 spiro atoms. The molecule has 0 unspecified atom stereocenters. The van der Waals surface area contributed by atoms with E-state index >= 15 is 0 Å². The summed E-state index contributed by atoms with van der Waals surface area (Å²) in [6.45, 7) is 0.418. The third-order valence-corrected chi connectivity index (χ3v) is 2.88. The van der Waals surface area contributed by atoms with Crippen molar-refractivity contribution in [2.45, 2.75) is 25.5 Å². The number of anilines is 1. The van der Waals surface area contributed by atoms with Gasteiger partial charge < -0.3 is 15.3 Å². The molecule has 0 aromatic heterocycles. The summed E-state index contributed by atoms with van der Waals surface area (Å²) in [4.78, 5) is 13.5. The van der Waals surface area contributed by atoms with Crippen molar-refractivity contribution in [1.82, 2.24) is 5.32 Å². The molecule has 1 aromatic carbocycles. The third kappa shape index (κ3) is 3.46. The molecule has 0 heterocycles. The lowest BCUT2D eigenvalue weighted by molar-refractivity contribution is -0.119. The highest BCUT2D eigenvalue weighted by Gasteiger charge is 2.23. The van der Waals surface area contributed by atoms with E-state index in [0.29, 0.717) is 12.6 Å². The molecular formula is C13H18N2O2. The highest BCUT2D eigenvalue weighted by Crippen LogP contribution is 2.19. The third-order valence-electron chi connectivity index (χ3n) is 2.88. The summed E-state index contributed by atoms with van der Waals surface area (Å²) < 4.78 is 0. The summed E-state index contributed by atoms with van der Waals surface area (Å²) in [5, 5.41) is 11.9. The molecule has 0 bridgehead atoms. The second-order valence-electron chi connectivity index (χ2n) is 4.52. The van der Waals surface area contributed by atoms with E-state index in [0.717, 1.165) is 24.1 Å². The molecule has 17 heavy (non-hydrogen) atoms. The number of amides is 1. The van der Waals surface area contributed by atoms with Crippen molar-refractivity contribution in [3.05, 3.63) is 29.8 Å². The van der Waals surface area contributed by atoms with Crippen molar-refractivity contribution in [3.8, 4) is 0 Å². The van der Waals surface area contributed by atoms with Crippen LogP contribution in [0.2, 0.25) is 0 Å². The molecule has 1 aromatic rings. The lowest BCUT2D eigenvalue weighted by Gasteiger charge is -2.18. The van der Waals surface area contributed by atoms with Crippen LogP contribution in [0.25, 0.3) is 0 Å². The quantitative estimate of drug-likeness (QED) is 0.795. The molecule has 1 aliphatic carbocycles. The molecule has 0 aliphatic heterocycles. The van der Waals surface area contributed by atoms with E-state index in [1.165, 1.54) is 0 Å². The fourth-order valence-electron chi connectivity index (χ4n) is 1.66. The van der Waals surface area contributed by atoms with Crippen LogP contribution in [0.3, 0.4) is 0 Å². The summed E-state index contributed by atoms with van der Waals surface area (Å²) in [5.41, 5.74) is 1.86. The number of hydrogen-bond acceptors (Lipinski definition) is 3. The van der Waals surface area contributed by atoms with Crippen molar-refractivity contribution in [1.29, 1.82) is 0 Å². The number of aliphatic hydroxyl groups is 1. The minimum atomic E-state index is 0.0478. The highest BCUT2D eigenvalue weighted by atomic mass is 16.3. The highest BCUT2D eigenvalue weighted by molar-refractivity contribution is 5.81. The van der Waals surface area contributed by atoms with E-state index in [1.807, 2.05) is 36.2 Å². The van der Waals surface area contributed by atoms with E-state index in [2.05, 4.69) is 5.32 Å². The van der Waals surface area contributed by atoms with Crippen molar-refractivity contribution in [2.75, 3.05) is 18.5 Å². The molecular weight excluding hydrogens is 216 g/mol. The van der Waals surface area contributed by atoms with Gasteiger partial charge in [0.05, 0.1) is 13.2 Å². The predicted molar refractivity (Wildman–Crippen MR) is 66.8 cm³/mol. The Morgan fingerprint density at radius 1 is 1.41 bits per heavy atom. The van der Waals surface area contributed by atoms with Crippen molar-refractivity contribution in [3.63, 3.8) is 0 Å². The van der Waals surface area contributed by atoms with E-state index in [4.69, 9.17) is 5.11 Å². The first-order valence-corrected chi connectivity index (χ1v) is 5.89. The predicted octanol–water partition coefficient (Wildman–Crippen LogP) is 0.894.